The van der Waals surface area contributed by atoms with Gasteiger partial charge < -0.3 is 0 Å². The van der Waals surface area contributed by atoms with Gasteiger partial charge in [0.25, 0.3) is 10.0 Å². The number of aromatic nitrogens is 4. The van der Waals surface area contributed by atoms with Crippen LogP contribution in [-0.4, -0.2) is 45.4 Å². The van der Waals surface area contributed by atoms with Crippen molar-refractivity contribution < 1.29 is 21.6 Å². The van der Waals surface area contributed by atoms with Crippen LogP contribution in [0.15, 0.2) is 29.0 Å². The molecule has 0 bridgehead atoms. The Kier molecular flexibility index (Phi) is 4.67. The zero-order valence-electron chi connectivity index (χ0n) is 14.7. The van der Waals surface area contributed by atoms with E-state index >= 15 is 0 Å². The summed E-state index contributed by atoms with van der Waals surface area (Å²) in [5.41, 5.74) is -0.500. The predicted molar refractivity (Wildman–Crippen MR) is 95.6 cm³/mol. The van der Waals surface area contributed by atoms with Crippen LogP contribution in [0.5, 0.6) is 0 Å². The van der Waals surface area contributed by atoms with Crippen molar-refractivity contribution in [2.24, 2.45) is 0 Å². The summed E-state index contributed by atoms with van der Waals surface area (Å²) in [6, 6.07) is 0.992. The van der Waals surface area contributed by atoms with Crippen LogP contribution in [-0.2, 0) is 16.2 Å². The van der Waals surface area contributed by atoms with Gasteiger partial charge in [-0.2, -0.15) is 22.6 Å². The van der Waals surface area contributed by atoms with Gasteiger partial charge in [-0.05, 0) is 37.3 Å². The van der Waals surface area contributed by atoms with Crippen LogP contribution in [0.3, 0.4) is 0 Å². The van der Waals surface area contributed by atoms with Gasteiger partial charge in [0.2, 0.25) is 0 Å². The largest absolute Gasteiger partial charge is 0.416 e. The quantitative estimate of drug-likeness (QED) is 0.637. The molecule has 0 spiro atoms. The Bertz CT molecular complexity index is 1110. The number of piperidine rings is 1. The van der Waals surface area contributed by atoms with Crippen LogP contribution in [0.4, 0.5) is 13.2 Å². The minimum absolute atomic E-state index is 0.121. The minimum Gasteiger partial charge on any atom is -0.249 e. The molecule has 1 aliphatic rings. The van der Waals surface area contributed by atoms with Gasteiger partial charge in [0.05, 0.1) is 16.8 Å². The number of alkyl halides is 3. The molecule has 0 radical (unpaired) electrons. The van der Waals surface area contributed by atoms with E-state index in [9.17, 15) is 21.6 Å². The molecule has 0 aliphatic carbocycles. The SMILES string of the molecule is Cc1ncc(S(=O)(=O)N2CCC(c3cn4ncnc4cc3C(F)(F)F)CC2)s1. The van der Waals surface area contributed by atoms with E-state index < -0.39 is 27.7 Å². The average molecular weight is 431 g/mol. The molecule has 0 amide bonds. The van der Waals surface area contributed by atoms with Crippen molar-refractivity contribution in [2.75, 3.05) is 13.1 Å². The molecule has 1 fully saturated rings. The van der Waals surface area contributed by atoms with Crippen molar-refractivity contribution in [3.05, 3.63) is 40.9 Å². The van der Waals surface area contributed by atoms with E-state index in [0.717, 1.165) is 17.4 Å². The van der Waals surface area contributed by atoms with Crippen LogP contribution in [0.2, 0.25) is 0 Å². The normalized spacial score (nSPS) is 17.4. The summed E-state index contributed by atoms with van der Waals surface area (Å²) in [6.45, 7) is 2.02. The molecule has 12 heteroatoms. The number of hydrogen-bond donors (Lipinski definition) is 0. The number of pyridine rings is 1. The lowest BCUT2D eigenvalue weighted by molar-refractivity contribution is -0.138. The summed E-state index contributed by atoms with van der Waals surface area (Å²) in [5.74, 6) is -0.417. The lowest BCUT2D eigenvalue weighted by Gasteiger charge is -2.32. The van der Waals surface area contributed by atoms with E-state index in [2.05, 4.69) is 15.1 Å². The maximum Gasteiger partial charge on any atom is 0.416 e. The third-order valence-electron chi connectivity index (χ3n) is 4.84. The van der Waals surface area contributed by atoms with Crippen LogP contribution in [0.25, 0.3) is 5.65 Å². The minimum atomic E-state index is -4.52. The van der Waals surface area contributed by atoms with E-state index in [1.165, 1.54) is 27.5 Å². The molecule has 3 aromatic rings. The van der Waals surface area contributed by atoms with Crippen molar-refractivity contribution in [1.82, 2.24) is 23.9 Å². The highest BCUT2D eigenvalue weighted by Gasteiger charge is 2.38. The number of fused-ring (bicyclic) bond motifs is 1. The van der Waals surface area contributed by atoms with Crippen molar-refractivity contribution in [2.45, 2.75) is 36.1 Å². The highest BCUT2D eigenvalue weighted by Crippen LogP contribution is 2.40. The predicted octanol–water partition coefficient (Wildman–Crippen LogP) is 3.08. The topological polar surface area (TPSA) is 80.5 Å². The monoisotopic (exact) mass is 431 g/mol. The number of sulfonamides is 1. The molecule has 28 heavy (non-hydrogen) atoms. The zero-order valence-corrected chi connectivity index (χ0v) is 16.4. The zero-order chi connectivity index (χ0) is 20.1. The van der Waals surface area contributed by atoms with E-state index in [1.807, 2.05) is 0 Å². The smallest absolute Gasteiger partial charge is 0.249 e. The van der Waals surface area contributed by atoms with Gasteiger partial charge in [0, 0.05) is 19.3 Å². The second-order valence-electron chi connectivity index (χ2n) is 6.58. The molecule has 7 nitrogen and oxygen atoms in total. The first kappa shape index (κ1) is 19.3. The van der Waals surface area contributed by atoms with Crippen molar-refractivity contribution in [1.29, 1.82) is 0 Å². The lowest BCUT2D eigenvalue weighted by atomic mass is 9.88. The van der Waals surface area contributed by atoms with E-state index in [4.69, 9.17) is 0 Å². The molecule has 1 saturated heterocycles. The average Bonchev–Trinajstić information content (AvgIpc) is 3.28. The number of nitrogens with zero attached hydrogens (tertiary/aromatic N) is 5. The maximum absolute atomic E-state index is 13.6. The van der Waals surface area contributed by atoms with E-state index in [1.54, 1.807) is 6.92 Å². The third-order valence-corrected chi connectivity index (χ3v) is 8.09. The molecule has 4 heterocycles. The van der Waals surface area contributed by atoms with Crippen molar-refractivity contribution >= 4 is 27.0 Å². The highest BCUT2D eigenvalue weighted by molar-refractivity contribution is 7.91. The maximum atomic E-state index is 13.6. The molecule has 4 rings (SSSR count). The third kappa shape index (κ3) is 3.40. The fourth-order valence-corrected chi connectivity index (χ4v) is 6.18. The molecule has 0 unspecified atom stereocenters. The van der Waals surface area contributed by atoms with Gasteiger partial charge in [0.15, 0.2) is 9.86 Å². The Balaban J connectivity index is 1.60. The molecule has 3 aromatic heterocycles. The Morgan fingerprint density at radius 1 is 1.21 bits per heavy atom. The summed E-state index contributed by atoms with van der Waals surface area (Å²) >= 11 is 1.09. The van der Waals surface area contributed by atoms with Gasteiger partial charge in [-0.3, -0.25) is 0 Å². The molecule has 0 saturated carbocycles. The molecule has 150 valence electrons. The van der Waals surface area contributed by atoms with E-state index in [-0.39, 0.29) is 28.5 Å². The van der Waals surface area contributed by atoms with Crippen molar-refractivity contribution in [3.8, 4) is 0 Å². The Morgan fingerprint density at radius 2 is 1.93 bits per heavy atom. The summed E-state index contributed by atoms with van der Waals surface area (Å²) in [7, 11) is -3.67. The van der Waals surface area contributed by atoms with Crippen LogP contribution < -0.4 is 0 Å². The first-order valence-corrected chi connectivity index (χ1v) is 10.7. The summed E-state index contributed by atoms with van der Waals surface area (Å²) in [5, 5.41) is 4.56. The van der Waals surface area contributed by atoms with Gasteiger partial charge in [-0.1, -0.05) is 0 Å². The molecule has 0 N–H and O–H groups in total. The van der Waals surface area contributed by atoms with Gasteiger partial charge in [-0.15, -0.1) is 11.3 Å². The van der Waals surface area contributed by atoms with Crippen LogP contribution in [0.1, 0.15) is 34.9 Å². The first-order chi connectivity index (χ1) is 13.2. The highest BCUT2D eigenvalue weighted by atomic mass is 32.2. The Hall–Kier alpha value is -2.05. The second kappa shape index (κ2) is 6.78. The summed E-state index contributed by atoms with van der Waals surface area (Å²) < 4.78 is 68.9. The van der Waals surface area contributed by atoms with Crippen molar-refractivity contribution in [3.63, 3.8) is 0 Å². The summed E-state index contributed by atoms with van der Waals surface area (Å²) in [4.78, 5) is 7.79. The van der Waals surface area contributed by atoms with Crippen LogP contribution in [0, 0.1) is 6.92 Å². The molecule has 1 aliphatic heterocycles. The van der Waals surface area contributed by atoms with E-state index in [0.29, 0.717) is 17.8 Å². The number of hydrogen-bond acceptors (Lipinski definition) is 6. The Morgan fingerprint density at radius 3 is 2.54 bits per heavy atom. The fourth-order valence-electron chi connectivity index (χ4n) is 3.44. The van der Waals surface area contributed by atoms with Gasteiger partial charge in [-0.25, -0.2) is 22.9 Å². The van der Waals surface area contributed by atoms with Gasteiger partial charge in [0.1, 0.15) is 6.33 Å². The molecule has 0 atom stereocenters. The first-order valence-electron chi connectivity index (χ1n) is 8.49. The Labute approximate surface area is 162 Å². The second-order valence-corrected chi connectivity index (χ2v) is 9.98. The molecular weight excluding hydrogens is 415 g/mol. The fraction of sp³-hybridized carbons (Fsp3) is 0.438. The number of rotatable bonds is 3. The van der Waals surface area contributed by atoms with Crippen LogP contribution >= 0.6 is 11.3 Å². The molecular formula is C16H16F3N5O2S2. The molecule has 0 aromatic carbocycles. The van der Waals surface area contributed by atoms with Gasteiger partial charge >= 0.3 is 6.18 Å². The standard InChI is InChI=1S/C16H16F3N5O2S2/c1-10-20-7-15(27-10)28(25,26)23-4-2-11(3-5-23)12-8-24-14(21-9-22-24)6-13(12)16(17,18)19/h6-9,11H,2-5H2,1H3. The lowest BCUT2D eigenvalue weighted by Crippen LogP contribution is -2.38. The number of halogens is 3. The number of aryl methyl sites for hydroxylation is 1. The summed E-state index contributed by atoms with van der Waals surface area (Å²) in [6.07, 6.45) is -0.0626. The number of thiazole rings is 1.